The Labute approximate surface area is 192 Å². The number of nitrogens with one attached hydrogen (secondary N) is 1. The minimum atomic E-state index is -4.55. The Morgan fingerprint density at radius 3 is 2.44 bits per heavy atom. The number of aryl methyl sites for hydroxylation is 1. The van der Waals surface area contributed by atoms with Crippen molar-refractivity contribution in [1.82, 2.24) is 24.4 Å². The number of pyridine rings is 1. The molecule has 3 aromatic rings. The smallest absolute Gasteiger partial charge is 0.351 e. The lowest BCUT2D eigenvalue weighted by molar-refractivity contribution is -0.141. The number of rotatable bonds is 6. The van der Waals surface area contributed by atoms with E-state index in [2.05, 4.69) is 15.4 Å². The maximum absolute atomic E-state index is 13.1. The van der Waals surface area contributed by atoms with Crippen LogP contribution in [0.2, 0.25) is 0 Å². The third-order valence-corrected chi connectivity index (χ3v) is 7.37. The maximum Gasteiger partial charge on any atom is 0.433 e. The first-order chi connectivity index (χ1) is 16.0. The van der Waals surface area contributed by atoms with Crippen molar-refractivity contribution >= 4 is 15.9 Å². The first-order valence-electron chi connectivity index (χ1n) is 10.1. The van der Waals surface area contributed by atoms with Crippen molar-refractivity contribution in [1.29, 1.82) is 0 Å². The summed E-state index contributed by atoms with van der Waals surface area (Å²) in [5.41, 5.74) is 0.419. The highest BCUT2D eigenvalue weighted by Crippen LogP contribution is 2.28. The summed E-state index contributed by atoms with van der Waals surface area (Å²) in [7, 11) is -3.95. The topological polar surface area (TPSA) is 97.2 Å². The summed E-state index contributed by atoms with van der Waals surface area (Å²) >= 11 is 0. The molecule has 34 heavy (non-hydrogen) atoms. The number of benzene rings is 1. The fourth-order valence-corrected chi connectivity index (χ4v) is 5.08. The number of alkyl halides is 3. The van der Waals surface area contributed by atoms with E-state index in [9.17, 15) is 30.8 Å². The van der Waals surface area contributed by atoms with Crippen molar-refractivity contribution in [2.24, 2.45) is 0 Å². The molecule has 8 nitrogen and oxygen atoms in total. The molecule has 1 fully saturated rings. The number of halogens is 4. The monoisotopic (exact) mass is 497 g/mol. The van der Waals surface area contributed by atoms with Gasteiger partial charge in [0.15, 0.2) is 0 Å². The molecular formula is C21H19F4N5O3S. The molecule has 0 bridgehead atoms. The second-order valence-electron chi connectivity index (χ2n) is 7.68. The Hall–Kier alpha value is -3.32. The van der Waals surface area contributed by atoms with E-state index in [1.165, 1.54) is 10.7 Å². The van der Waals surface area contributed by atoms with Gasteiger partial charge in [-0.25, -0.2) is 22.5 Å². The van der Waals surface area contributed by atoms with Gasteiger partial charge in [-0.1, -0.05) is 0 Å². The van der Waals surface area contributed by atoms with E-state index in [1.807, 2.05) is 0 Å². The van der Waals surface area contributed by atoms with Crippen molar-refractivity contribution in [3.63, 3.8) is 0 Å². The second kappa shape index (κ2) is 8.80. The normalized spacial score (nSPS) is 16.8. The van der Waals surface area contributed by atoms with Crippen LogP contribution in [0.3, 0.4) is 0 Å². The Balaban J connectivity index is 1.41. The molecule has 0 aliphatic carbocycles. The lowest BCUT2D eigenvalue weighted by Gasteiger charge is -2.38. The molecule has 0 saturated carbocycles. The van der Waals surface area contributed by atoms with Gasteiger partial charge in [0.1, 0.15) is 17.6 Å². The van der Waals surface area contributed by atoms with Gasteiger partial charge in [-0.15, -0.1) is 0 Å². The summed E-state index contributed by atoms with van der Waals surface area (Å²) in [6.07, 6.45) is -1.62. The van der Waals surface area contributed by atoms with Crippen LogP contribution in [0.4, 0.5) is 17.6 Å². The standard InChI is InChI=1S/C21H19F4N5O3S/c1-13-14(12-29(28-13)16-4-7-19(26-11-16)21(23,24)25)10-27-20(31)18-8-9-30(18)34(32,33)17-5-2-15(22)3-6-17/h2-7,11-12,18H,8-10H2,1H3,(H,27,31)/t18-/m0/s1. The van der Waals surface area contributed by atoms with Gasteiger partial charge in [0.05, 0.1) is 22.5 Å². The van der Waals surface area contributed by atoms with Crippen LogP contribution in [-0.2, 0) is 27.5 Å². The zero-order chi connectivity index (χ0) is 24.7. The second-order valence-corrected chi connectivity index (χ2v) is 9.57. The Morgan fingerprint density at radius 2 is 1.88 bits per heavy atom. The number of aromatic nitrogens is 3. The molecule has 1 saturated heterocycles. The van der Waals surface area contributed by atoms with Gasteiger partial charge in [-0.05, 0) is 49.7 Å². The molecular weight excluding hydrogens is 478 g/mol. The average Bonchev–Trinajstić information content (AvgIpc) is 3.11. The Kier molecular flexibility index (Phi) is 6.16. The van der Waals surface area contributed by atoms with E-state index >= 15 is 0 Å². The van der Waals surface area contributed by atoms with Crippen molar-refractivity contribution < 1.29 is 30.8 Å². The number of hydrogen-bond acceptors (Lipinski definition) is 5. The van der Waals surface area contributed by atoms with E-state index in [4.69, 9.17) is 0 Å². The molecule has 1 aliphatic heterocycles. The van der Waals surface area contributed by atoms with Crippen LogP contribution < -0.4 is 5.32 Å². The van der Waals surface area contributed by atoms with Gasteiger partial charge in [-0.3, -0.25) is 4.79 Å². The lowest BCUT2D eigenvalue weighted by atomic mass is 10.1. The predicted molar refractivity (Wildman–Crippen MR) is 112 cm³/mol. The van der Waals surface area contributed by atoms with E-state index in [1.54, 1.807) is 13.1 Å². The van der Waals surface area contributed by atoms with Gasteiger partial charge in [0, 0.05) is 24.8 Å². The van der Waals surface area contributed by atoms with Crippen LogP contribution in [0.5, 0.6) is 0 Å². The highest BCUT2D eigenvalue weighted by atomic mass is 32.2. The molecule has 1 aliphatic rings. The fourth-order valence-electron chi connectivity index (χ4n) is 3.45. The zero-order valence-electron chi connectivity index (χ0n) is 17.8. The highest BCUT2D eigenvalue weighted by Gasteiger charge is 2.42. The average molecular weight is 497 g/mol. The van der Waals surface area contributed by atoms with Crippen molar-refractivity contribution in [2.45, 2.75) is 37.0 Å². The summed E-state index contributed by atoms with van der Waals surface area (Å²) in [6, 6.07) is 5.54. The summed E-state index contributed by atoms with van der Waals surface area (Å²) in [6.45, 7) is 1.87. The summed E-state index contributed by atoms with van der Waals surface area (Å²) in [5.74, 6) is -1.07. The van der Waals surface area contributed by atoms with Crippen LogP contribution in [0.25, 0.3) is 5.69 Å². The molecule has 3 heterocycles. The fraction of sp³-hybridized carbons (Fsp3) is 0.286. The van der Waals surface area contributed by atoms with E-state index in [-0.39, 0.29) is 18.0 Å². The van der Waals surface area contributed by atoms with Crippen LogP contribution in [-0.4, -0.2) is 46.0 Å². The highest BCUT2D eigenvalue weighted by molar-refractivity contribution is 7.89. The number of carbonyl (C=O) groups is 1. The number of nitrogens with zero attached hydrogens (tertiary/aromatic N) is 4. The molecule has 1 aromatic carbocycles. The van der Waals surface area contributed by atoms with Gasteiger partial charge >= 0.3 is 6.18 Å². The SMILES string of the molecule is Cc1nn(-c2ccc(C(F)(F)F)nc2)cc1CNC(=O)[C@@H]1CCN1S(=O)(=O)c1ccc(F)cc1. The molecule has 0 radical (unpaired) electrons. The first-order valence-corrected chi connectivity index (χ1v) is 11.5. The minimum absolute atomic E-state index is 0.0413. The molecule has 1 amide bonds. The van der Waals surface area contributed by atoms with Crippen LogP contribution in [0, 0.1) is 12.7 Å². The zero-order valence-corrected chi connectivity index (χ0v) is 18.6. The molecule has 0 spiro atoms. The number of sulfonamides is 1. The third kappa shape index (κ3) is 4.66. The lowest BCUT2D eigenvalue weighted by Crippen LogP contribution is -2.57. The van der Waals surface area contributed by atoms with Crippen LogP contribution in [0.15, 0.2) is 53.7 Å². The predicted octanol–water partition coefficient (Wildman–Crippen LogP) is 2.81. The van der Waals surface area contributed by atoms with Crippen molar-refractivity contribution in [3.05, 3.63) is 71.6 Å². The van der Waals surface area contributed by atoms with Gasteiger partial charge in [0.25, 0.3) is 0 Å². The summed E-state index contributed by atoms with van der Waals surface area (Å²) in [4.78, 5) is 15.9. The Morgan fingerprint density at radius 1 is 1.18 bits per heavy atom. The van der Waals surface area contributed by atoms with Gasteiger partial charge < -0.3 is 5.32 Å². The summed E-state index contributed by atoms with van der Waals surface area (Å²) < 4.78 is 79.1. The Bertz CT molecular complexity index is 1310. The van der Waals surface area contributed by atoms with Gasteiger partial charge in [0.2, 0.25) is 15.9 Å². The molecule has 180 valence electrons. The number of carbonyl (C=O) groups excluding carboxylic acids is 1. The molecule has 1 N–H and O–H groups in total. The molecule has 0 unspecified atom stereocenters. The largest absolute Gasteiger partial charge is 0.433 e. The van der Waals surface area contributed by atoms with Crippen LogP contribution in [0.1, 0.15) is 23.4 Å². The summed E-state index contributed by atoms with van der Waals surface area (Å²) in [5, 5.41) is 6.91. The first kappa shape index (κ1) is 23.8. The van der Waals surface area contributed by atoms with Crippen molar-refractivity contribution in [3.8, 4) is 5.69 Å². The van der Waals surface area contributed by atoms with E-state index in [0.717, 1.165) is 40.8 Å². The van der Waals surface area contributed by atoms with Crippen LogP contribution >= 0.6 is 0 Å². The number of amides is 1. The quantitative estimate of drug-likeness (QED) is 0.529. The van der Waals surface area contributed by atoms with Gasteiger partial charge in [-0.2, -0.15) is 22.6 Å². The molecule has 1 atom stereocenters. The minimum Gasteiger partial charge on any atom is -0.351 e. The molecule has 2 aromatic heterocycles. The van der Waals surface area contributed by atoms with E-state index in [0.29, 0.717) is 23.4 Å². The molecule has 13 heteroatoms. The third-order valence-electron chi connectivity index (χ3n) is 5.45. The number of hydrogen-bond donors (Lipinski definition) is 1. The molecule has 4 rings (SSSR count). The maximum atomic E-state index is 13.1. The van der Waals surface area contributed by atoms with E-state index < -0.39 is 39.7 Å². The van der Waals surface area contributed by atoms with Crippen molar-refractivity contribution in [2.75, 3.05) is 6.54 Å².